The van der Waals surface area contributed by atoms with E-state index in [4.69, 9.17) is 12.2 Å². The topological polar surface area (TPSA) is 96.3 Å². The maximum atomic E-state index is 13.0. The fourth-order valence-corrected chi connectivity index (χ4v) is 3.21. The summed E-state index contributed by atoms with van der Waals surface area (Å²) in [5, 5.41) is 20.2. The molecule has 0 saturated heterocycles. The summed E-state index contributed by atoms with van der Waals surface area (Å²) < 4.78 is 0. The highest BCUT2D eigenvalue weighted by Gasteiger charge is 2.30. The number of rotatable bonds is 4. The van der Waals surface area contributed by atoms with Gasteiger partial charge in [0.15, 0.2) is 5.11 Å². The van der Waals surface area contributed by atoms with Crippen molar-refractivity contribution >= 4 is 34.6 Å². The molecule has 2 aromatic carbocycles. The maximum absolute atomic E-state index is 13.0. The van der Waals surface area contributed by atoms with Crippen molar-refractivity contribution in [3.8, 4) is 0 Å². The van der Waals surface area contributed by atoms with E-state index in [0.29, 0.717) is 21.9 Å². The number of carbonyl (C=O) groups is 1. The monoisotopic (exact) mass is 382 g/mol. The lowest BCUT2D eigenvalue weighted by atomic mass is 9.94. The third kappa shape index (κ3) is 3.95. The van der Waals surface area contributed by atoms with Crippen molar-refractivity contribution in [3.05, 3.63) is 81.0 Å². The predicted octanol–water partition coefficient (Wildman–Crippen LogP) is 3.33. The molecule has 138 valence electrons. The van der Waals surface area contributed by atoms with Crippen LogP contribution in [0.1, 0.15) is 24.1 Å². The van der Waals surface area contributed by atoms with Crippen LogP contribution in [0.4, 0.5) is 11.4 Å². The number of nitro benzene ring substituents is 1. The van der Waals surface area contributed by atoms with Gasteiger partial charge in [-0.1, -0.05) is 18.2 Å². The predicted molar refractivity (Wildman–Crippen MR) is 107 cm³/mol. The highest BCUT2D eigenvalue weighted by Crippen LogP contribution is 2.29. The lowest BCUT2D eigenvalue weighted by Crippen LogP contribution is -2.45. The summed E-state index contributed by atoms with van der Waals surface area (Å²) in [6.07, 6.45) is 0. The van der Waals surface area contributed by atoms with Crippen LogP contribution in [0.2, 0.25) is 0 Å². The Bertz CT molecular complexity index is 954. The number of hydrogen-bond acceptors (Lipinski definition) is 4. The van der Waals surface area contributed by atoms with Crippen molar-refractivity contribution < 1.29 is 9.72 Å². The first-order valence-electron chi connectivity index (χ1n) is 8.26. The van der Waals surface area contributed by atoms with Gasteiger partial charge in [-0.2, -0.15) is 0 Å². The summed E-state index contributed by atoms with van der Waals surface area (Å²) in [7, 11) is 0. The number of benzene rings is 2. The van der Waals surface area contributed by atoms with Gasteiger partial charge in [-0.05, 0) is 55.4 Å². The molecule has 1 atom stereocenters. The van der Waals surface area contributed by atoms with Crippen molar-refractivity contribution in [1.29, 1.82) is 0 Å². The number of thiocarbonyl (C=S) groups is 1. The molecule has 3 rings (SSSR count). The van der Waals surface area contributed by atoms with Crippen LogP contribution in [0.5, 0.6) is 0 Å². The van der Waals surface area contributed by atoms with Crippen LogP contribution in [-0.4, -0.2) is 15.9 Å². The summed E-state index contributed by atoms with van der Waals surface area (Å²) in [4.78, 5) is 23.4. The van der Waals surface area contributed by atoms with Crippen molar-refractivity contribution in [2.75, 3.05) is 5.32 Å². The molecule has 0 aromatic heterocycles. The third-order valence-corrected chi connectivity index (χ3v) is 4.56. The first kappa shape index (κ1) is 18.5. The van der Waals surface area contributed by atoms with Crippen molar-refractivity contribution in [2.24, 2.45) is 0 Å². The Morgan fingerprint density at radius 1 is 1.15 bits per heavy atom. The molecule has 0 fully saturated rings. The summed E-state index contributed by atoms with van der Waals surface area (Å²) >= 11 is 5.22. The molecule has 1 aliphatic rings. The number of nitrogens with one attached hydrogen (secondary N) is 3. The number of nitrogens with zero attached hydrogens (tertiary/aromatic N) is 1. The number of carbonyl (C=O) groups excluding carboxylic acids is 1. The zero-order valence-electron chi connectivity index (χ0n) is 14.8. The lowest BCUT2D eigenvalue weighted by molar-refractivity contribution is -0.384. The number of hydrogen-bond donors (Lipinski definition) is 3. The van der Waals surface area contributed by atoms with Gasteiger partial charge in [0.1, 0.15) is 0 Å². The summed E-state index contributed by atoms with van der Waals surface area (Å²) in [6, 6.07) is 13.1. The van der Waals surface area contributed by atoms with Crippen molar-refractivity contribution in [1.82, 2.24) is 10.6 Å². The Balaban J connectivity index is 1.95. The number of amides is 1. The average Bonchev–Trinajstić information content (AvgIpc) is 2.63. The molecule has 7 nitrogen and oxygen atoms in total. The molecule has 1 aliphatic heterocycles. The second kappa shape index (κ2) is 7.55. The van der Waals surface area contributed by atoms with Gasteiger partial charge in [-0.3, -0.25) is 14.9 Å². The fourth-order valence-electron chi connectivity index (χ4n) is 2.94. The zero-order chi connectivity index (χ0) is 19.6. The molecule has 27 heavy (non-hydrogen) atoms. The van der Waals surface area contributed by atoms with Crippen LogP contribution in [-0.2, 0) is 4.79 Å². The van der Waals surface area contributed by atoms with Gasteiger partial charge in [0.05, 0.1) is 16.5 Å². The van der Waals surface area contributed by atoms with E-state index in [1.807, 2.05) is 31.2 Å². The van der Waals surface area contributed by atoms with E-state index in [2.05, 4.69) is 16.0 Å². The van der Waals surface area contributed by atoms with Crippen LogP contribution in [0.15, 0.2) is 59.8 Å². The highest BCUT2D eigenvalue weighted by molar-refractivity contribution is 7.80. The number of aryl methyl sites for hydroxylation is 1. The molecule has 2 aromatic rings. The van der Waals surface area contributed by atoms with Gasteiger partial charge < -0.3 is 16.0 Å². The third-order valence-electron chi connectivity index (χ3n) is 4.34. The molecule has 0 radical (unpaired) electrons. The van der Waals surface area contributed by atoms with Crippen molar-refractivity contribution in [2.45, 2.75) is 19.9 Å². The number of non-ortho nitro benzene ring substituents is 1. The molecular weight excluding hydrogens is 364 g/mol. The Morgan fingerprint density at radius 2 is 1.81 bits per heavy atom. The molecule has 3 N–H and O–H groups in total. The molecule has 8 heteroatoms. The highest BCUT2D eigenvalue weighted by atomic mass is 32.1. The van der Waals surface area contributed by atoms with Crippen LogP contribution < -0.4 is 16.0 Å². The number of para-hydroxylation sites is 1. The Hall–Kier alpha value is -3.26. The van der Waals surface area contributed by atoms with Crippen LogP contribution in [0.3, 0.4) is 0 Å². The molecule has 0 bridgehead atoms. The Morgan fingerprint density at radius 3 is 2.44 bits per heavy atom. The van der Waals surface area contributed by atoms with Gasteiger partial charge in [0.25, 0.3) is 11.6 Å². The SMILES string of the molecule is CC1=C(C(=O)Nc2ccccc2C)[C@@H](c2ccc([N+](=O)[O-])cc2)NC(=S)N1. The second-order valence-electron chi connectivity index (χ2n) is 6.19. The van der Waals surface area contributed by atoms with Crippen molar-refractivity contribution in [3.63, 3.8) is 0 Å². The molecule has 0 saturated carbocycles. The molecule has 0 unspecified atom stereocenters. The van der Waals surface area contributed by atoms with E-state index >= 15 is 0 Å². The number of nitro groups is 1. The van der Waals surface area contributed by atoms with Crippen LogP contribution in [0, 0.1) is 17.0 Å². The van der Waals surface area contributed by atoms with Gasteiger partial charge in [0, 0.05) is 23.5 Å². The molecule has 0 spiro atoms. The first-order chi connectivity index (χ1) is 12.9. The molecular formula is C19H18N4O3S. The number of anilines is 1. The van der Waals surface area contributed by atoms with E-state index in [9.17, 15) is 14.9 Å². The van der Waals surface area contributed by atoms with Crippen LogP contribution >= 0.6 is 12.2 Å². The average molecular weight is 382 g/mol. The number of allylic oxidation sites excluding steroid dienone is 1. The normalized spacial score (nSPS) is 16.4. The first-order valence-corrected chi connectivity index (χ1v) is 8.67. The van der Waals surface area contributed by atoms with Gasteiger partial charge >= 0.3 is 0 Å². The van der Waals surface area contributed by atoms with Gasteiger partial charge in [-0.15, -0.1) is 0 Å². The Labute approximate surface area is 161 Å². The summed E-state index contributed by atoms with van der Waals surface area (Å²) in [5.74, 6) is -0.271. The quantitative estimate of drug-likeness (QED) is 0.426. The van der Waals surface area contributed by atoms with E-state index in [0.717, 1.165) is 11.3 Å². The van der Waals surface area contributed by atoms with Gasteiger partial charge in [0.2, 0.25) is 0 Å². The largest absolute Gasteiger partial charge is 0.351 e. The zero-order valence-corrected chi connectivity index (χ0v) is 15.6. The standard InChI is InChI=1S/C19H18N4O3S/c1-11-5-3-4-6-15(11)21-18(24)16-12(2)20-19(27)22-17(16)13-7-9-14(10-8-13)23(25)26/h3-10,17H,1-2H3,(H,21,24)(H2,20,22,27)/t17-/m1/s1. The van der Waals surface area contributed by atoms with Gasteiger partial charge in [-0.25, -0.2) is 0 Å². The molecule has 1 heterocycles. The lowest BCUT2D eigenvalue weighted by Gasteiger charge is -2.30. The molecule has 1 amide bonds. The molecule has 0 aliphatic carbocycles. The fraction of sp³-hybridized carbons (Fsp3) is 0.158. The maximum Gasteiger partial charge on any atom is 0.269 e. The van der Waals surface area contributed by atoms with E-state index in [-0.39, 0.29) is 11.6 Å². The van der Waals surface area contributed by atoms with E-state index in [1.165, 1.54) is 12.1 Å². The second-order valence-corrected chi connectivity index (χ2v) is 6.60. The summed E-state index contributed by atoms with van der Waals surface area (Å²) in [6.45, 7) is 3.69. The van der Waals surface area contributed by atoms with E-state index < -0.39 is 11.0 Å². The minimum absolute atomic E-state index is 0.0122. The van der Waals surface area contributed by atoms with E-state index in [1.54, 1.807) is 19.1 Å². The summed E-state index contributed by atoms with van der Waals surface area (Å²) in [5.41, 5.74) is 3.47. The Kier molecular flexibility index (Phi) is 5.18. The minimum Gasteiger partial charge on any atom is -0.351 e. The smallest absolute Gasteiger partial charge is 0.269 e. The minimum atomic E-state index is -0.511. The van der Waals surface area contributed by atoms with Crippen LogP contribution in [0.25, 0.3) is 0 Å².